The molecule has 0 aliphatic heterocycles. The van der Waals surface area contributed by atoms with Gasteiger partial charge in [0.25, 0.3) is 5.91 Å². The molecule has 0 saturated carbocycles. The van der Waals surface area contributed by atoms with E-state index in [1.165, 1.54) is 6.33 Å². The first kappa shape index (κ1) is 25.9. The SMILES string of the molecule is O=C(Nc1nc(-c2ccc(F)c(C(F)(F)F)c2)ns1)c1ccc(Nc2cc(NCCCO)ncn2)cc1. The van der Waals surface area contributed by atoms with E-state index in [9.17, 15) is 22.4 Å². The van der Waals surface area contributed by atoms with Crippen LogP contribution >= 0.6 is 11.5 Å². The lowest BCUT2D eigenvalue weighted by Gasteiger charge is -2.09. The van der Waals surface area contributed by atoms with Gasteiger partial charge in [-0.25, -0.2) is 14.4 Å². The van der Waals surface area contributed by atoms with E-state index in [2.05, 4.69) is 35.3 Å². The Morgan fingerprint density at radius 3 is 2.51 bits per heavy atom. The largest absolute Gasteiger partial charge is 0.419 e. The van der Waals surface area contributed by atoms with Crippen molar-refractivity contribution in [1.82, 2.24) is 19.3 Å². The molecule has 0 bridgehead atoms. The number of aliphatic hydroxyl groups is 1. The molecular formula is C23H19F4N7O2S. The number of amides is 1. The Labute approximate surface area is 211 Å². The lowest BCUT2D eigenvalue weighted by molar-refractivity contribution is -0.139. The maximum atomic E-state index is 13.5. The molecule has 0 atom stereocenters. The Kier molecular flexibility index (Phi) is 7.89. The molecule has 0 aliphatic carbocycles. The van der Waals surface area contributed by atoms with Crippen LogP contribution in [0.5, 0.6) is 0 Å². The zero-order chi connectivity index (χ0) is 26.4. The highest BCUT2D eigenvalue weighted by Crippen LogP contribution is 2.34. The summed E-state index contributed by atoms with van der Waals surface area (Å²) in [6.45, 7) is 0.631. The standard InChI is InChI=1S/C23H19F4N7O2S/c24-17-7-4-14(10-16(17)23(25,26)27)20-32-22(37-34-20)33-21(36)13-2-5-15(6-3-13)31-19-11-18(29-12-30-19)28-8-1-9-35/h2-7,10-12,35H,1,8-9H2,(H2,28,29,30,31)(H,32,33,34,36). The van der Waals surface area contributed by atoms with Crippen molar-refractivity contribution >= 4 is 39.9 Å². The van der Waals surface area contributed by atoms with Gasteiger partial charge < -0.3 is 15.7 Å². The molecule has 0 spiro atoms. The first-order valence-electron chi connectivity index (χ1n) is 10.8. The van der Waals surface area contributed by atoms with Gasteiger partial charge in [-0.3, -0.25) is 10.1 Å². The third-order valence-electron chi connectivity index (χ3n) is 4.90. The van der Waals surface area contributed by atoms with Gasteiger partial charge in [0.05, 0.1) is 5.56 Å². The first-order valence-corrected chi connectivity index (χ1v) is 11.6. The molecule has 4 rings (SSSR count). The van der Waals surface area contributed by atoms with E-state index in [1.54, 1.807) is 30.3 Å². The molecule has 0 fully saturated rings. The second-order valence-electron chi connectivity index (χ2n) is 7.56. The van der Waals surface area contributed by atoms with E-state index < -0.39 is 23.5 Å². The predicted molar refractivity (Wildman–Crippen MR) is 130 cm³/mol. The molecule has 0 saturated heterocycles. The smallest absolute Gasteiger partial charge is 0.396 e. The van der Waals surface area contributed by atoms with E-state index >= 15 is 0 Å². The highest BCUT2D eigenvalue weighted by atomic mass is 32.1. The van der Waals surface area contributed by atoms with Gasteiger partial charge in [0.15, 0.2) is 5.82 Å². The maximum absolute atomic E-state index is 13.5. The number of alkyl halides is 3. The van der Waals surface area contributed by atoms with Crippen molar-refractivity contribution in [3.8, 4) is 11.4 Å². The monoisotopic (exact) mass is 533 g/mol. The minimum absolute atomic E-state index is 0.0302. The average molecular weight is 534 g/mol. The van der Waals surface area contributed by atoms with Crippen molar-refractivity contribution in [2.75, 3.05) is 29.1 Å². The molecule has 37 heavy (non-hydrogen) atoms. The van der Waals surface area contributed by atoms with Crippen LogP contribution in [0.1, 0.15) is 22.3 Å². The Morgan fingerprint density at radius 1 is 1.03 bits per heavy atom. The summed E-state index contributed by atoms with van der Waals surface area (Å²) in [7, 11) is 0. The van der Waals surface area contributed by atoms with Crippen LogP contribution in [-0.2, 0) is 6.18 Å². The van der Waals surface area contributed by atoms with Crippen LogP contribution in [0.3, 0.4) is 0 Å². The summed E-state index contributed by atoms with van der Waals surface area (Å²) in [6, 6.07) is 10.6. The molecule has 0 unspecified atom stereocenters. The normalized spacial score (nSPS) is 11.3. The van der Waals surface area contributed by atoms with Gasteiger partial charge in [0.2, 0.25) is 5.13 Å². The zero-order valence-corrected chi connectivity index (χ0v) is 19.7. The minimum atomic E-state index is -4.86. The van der Waals surface area contributed by atoms with Gasteiger partial charge in [-0.05, 0) is 48.9 Å². The number of anilines is 4. The molecule has 4 aromatic rings. The van der Waals surface area contributed by atoms with Gasteiger partial charge in [-0.2, -0.15) is 22.5 Å². The Morgan fingerprint density at radius 2 is 1.78 bits per heavy atom. The highest BCUT2D eigenvalue weighted by molar-refractivity contribution is 7.10. The van der Waals surface area contributed by atoms with Gasteiger partial charge in [-0.15, -0.1) is 0 Å². The van der Waals surface area contributed by atoms with Crippen LogP contribution in [0.2, 0.25) is 0 Å². The molecule has 2 aromatic heterocycles. The molecular weight excluding hydrogens is 514 g/mol. The first-order chi connectivity index (χ1) is 17.7. The number of nitrogens with zero attached hydrogens (tertiary/aromatic N) is 4. The topological polar surface area (TPSA) is 125 Å². The van der Waals surface area contributed by atoms with E-state index in [0.717, 1.165) is 17.6 Å². The minimum Gasteiger partial charge on any atom is -0.396 e. The number of aromatic nitrogens is 4. The quantitative estimate of drug-likeness (QED) is 0.176. The van der Waals surface area contributed by atoms with Crippen molar-refractivity contribution in [3.05, 3.63) is 71.8 Å². The lowest BCUT2D eigenvalue weighted by Crippen LogP contribution is -2.11. The van der Waals surface area contributed by atoms with E-state index in [4.69, 9.17) is 5.11 Å². The third-order valence-corrected chi connectivity index (χ3v) is 5.53. The number of carbonyl (C=O) groups is 1. The van der Waals surface area contributed by atoms with E-state index in [0.29, 0.717) is 48.0 Å². The third kappa shape index (κ3) is 6.74. The predicted octanol–water partition coefficient (Wildman–Crippen LogP) is 4.94. The molecule has 9 nitrogen and oxygen atoms in total. The summed E-state index contributed by atoms with van der Waals surface area (Å²) in [5.41, 5.74) is -0.489. The fourth-order valence-corrected chi connectivity index (χ4v) is 3.70. The molecule has 192 valence electrons. The summed E-state index contributed by atoms with van der Waals surface area (Å²) in [4.78, 5) is 24.9. The van der Waals surface area contributed by atoms with Crippen molar-refractivity contribution in [3.63, 3.8) is 0 Å². The fourth-order valence-electron chi connectivity index (χ4n) is 3.11. The van der Waals surface area contributed by atoms with Crippen LogP contribution in [0.25, 0.3) is 11.4 Å². The highest BCUT2D eigenvalue weighted by Gasteiger charge is 2.34. The number of benzene rings is 2. The van der Waals surface area contributed by atoms with Crippen molar-refractivity contribution in [1.29, 1.82) is 0 Å². The molecule has 14 heteroatoms. The molecule has 0 aliphatic rings. The molecule has 2 heterocycles. The second kappa shape index (κ2) is 11.3. The summed E-state index contributed by atoms with van der Waals surface area (Å²) in [5.74, 6) is -0.849. The number of aliphatic hydroxyl groups excluding tert-OH is 1. The van der Waals surface area contributed by atoms with Crippen LogP contribution in [0.4, 0.5) is 40.0 Å². The molecule has 2 aromatic carbocycles. The van der Waals surface area contributed by atoms with Gasteiger partial charge in [-0.1, -0.05) is 0 Å². The average Bonchev–Trinajstić information content (AvgIpc) is 3.33. The van der Waals surface area contributed by atoms with Crippen molar-refractivity contribution in [2.24, 2.45) is 0 Å². The summed E-state index contributed by atoms with van der Waals surface area (Å²) in [5, 5.41) is 17.6. The number of halogens is 4. The summed E-state index contributed by atoms with van der Waals surface area (Å²) >= 11 is 0.784. The second-order valence-corrected chi connectivity index (χ2v) is 8.32. The van der Waals surface area contributed by atoms with Crippen LogP contribution in [0, 0.1) is 5.82 Å². The van der Waals surface area contributed by atoms with Crippen LogP contribution in [0.15, 0.2) is 54.9 Å². The number of rotatable bonds is 9. The number of hydrogen-bond donors (Lipinski definition) is 4. The Hall–Kier alpha value is -4.17. The Balaban J connectivity index is 1.39. The number of hydrogen-bond acceptors (Lipinski definition) is 9. The summed E-state index contributed by atoms with van der Waals surface area (Å²) in [6.07, 6.45) is -2.89. The number of nitrogens with one attached hydrogen (secondary N) is 3. The fraction of sp³-hybridized carbons (Fsp3) is 0.174. The molecule has 1 amide bonds. The molecule has 0 radical (unpaired) electrons. The van der Waals surface area contributed by atoms with Crippen LogP contribution in [-0.4, -0.2) is 43.5 Å². The molecule has 4 N–H and O–H groups in total. The lowest BCUT2D eigenvalue weighted by atomic mass is 10.1. The maximum Gasteiger partial charge on any atom is 0.419 e. The zero-order valence-electron chi connectivity index (χ0n) is 18.9. The van der Waals surface area contributed by atoms with Crippen molar-refractivity contribution < 1.29 is 27.5 Å². The van der Waals surface area contributed by atoms with Crippen molar-refractivity contribution in [2.45, 2.75) is 12.6 Å². The van der Waals surface area contributed by atoms with Gasteiger partial charge >= 0.3 is 6.18 Å². The van der Waals surface area contributed by atoms with E-state index in [-0.39, 0.29) is 23.1 Å². The van der Waals surface area contributed by atoms with Gasteiger partial charge in [0.1, 0.15) is 23.8 Å². The van der Waals surface area contributed by atoms with Crippen LogP contribution < -0.4 is 16.0 Å². The Bertz CT molecular complexity index is 1380. The summed E-state index contributed by atoms with van der Waals surface area (Å²) < 4.78 is 56.4. The van der Waals surface area contributed by atoms with E-state index in [1.807, 2.05) is 0 Å². The number of carbonyl (C=O) groups excluding carboxylic acids is 1. The van der Waals surface area contributed by atoms with Gasteiger partial charge in [0, 0.05) is 47.6 Å².